The van der Waals surface area contributed by atoms with Crippen molar-refractivity contribution in [3.05, 3.63) is 0 Å². The molecule has 0 aromatic carbocycles. The van der Waals surface area contributed by atoms with Crippen molar-refractivity contribution in [2.45, 2.75) is 25.7 Å². The summed E-state index contributed by atoms with van der Waals surface area (Å²) in [5.74, 6) is -1.51. The smallest absolute Gasteiger partial charge is 0.303 e. The number of carboxylic acid groups (broad SMARTS) is 2. The Labute approximate surface area is 155 Å². The molecule has 0 aromatic rings. The number of nitrogens with one attached hydrogen (secondary N) is 4. The molecule has 1 heterocycles. The maximum absolute atomic E-state index is 10.6. The summed E-state index contributed by atoms with van der Waals surface area (Å²) in [4.78, 5) is 25.6. The number of carbonyl (C=O) groups is 2. The molecule has 0 amide bonds. The van der Waals surface area contributed by atoms with Crippen LogP contribution in [0.5, 0.6) is 0 Å². The van der Waals surface area contributed by atoms with Crippen molar-refractivity contribution >= 4 is 11.9 Å². The molecule has 0 saturated carbocycles. The van der Waals surface area contributed by atoms with E-state index in [2.05, 4.69) is 31.1 Å². The van der Waals surface area contributed by atoms with E-state index in [0.29, 0.717) is 39.5 Å². The minimum absolute atomic E-state index is 0.192. The first-order valence-corrected chi connectivity index (χ1v) is 9.29. The van der Waals surface area contributed by atoms with E-state index in [1.807, 2.05) is 0 Å². The fourth-order valence-electron chi connectivity index (χ4n) is 2.64. The molecule has 0 aliphatic carbocycles. The molecular weight excluding hydrogens is 340 g/mol. The number of rotatable bonds is 8. The Morgan fingerprint density at radius 3 is 1.23 bits per heavy atom. The molecule has 1 aliphatic heterocycles. The summed E-state index contributed by atoms with van der Waals surface area (Å²) in [7, 11) is 0. The van der Waals surface area contributed by atoms with Crippen LogP contribution in [-0.4, -0.2) is 97.9 Å². The van der Waals surface area contributed by atoms with E-state index in [4.69, 9.17) is 10.2 Å². The van der Waals surface area contributed by atoms with E-state index in [9.17, 15) is 9.59 Å². The summed E-state index contributed by atoms with van der Waals surface area (Å²) in [6.07, 6.45) is 1.66. The Hall–Kier alpha value is -1.30. The maximum atomic E-state index is 10.6. The van der Waals surface area contributed by atoms with Crippen LogP contribution in [0, 0.1) is 0 Å². The van der Waals surface area contributed by atoms with E-state index < -0.39 is 11.9 Å². The largest absolute Gasteiger partial charge is 0.481 e. The van der Waals surface area contributed by atoms with Crippen LogP contribution in [0.15, 0.2) is 0 Å². The first-order chi connectivity index (χ1) is 12.6. The van der Waals surface area contributed by atoms with E-state index >= 15 is 0 Å². The molecule has 10 nitrogen and oxygen atoms in total. The fourth-order valence-corrected chi connectivity index (χ4v) is 2.64. The fraction of sp³-hybridized carbons (Fsp3) is 0.875. The number of nitrogens with zero attached hydrogens (tertiary/aromatic N) is 2. The van der Waals surface area contributed by atoms with Gasteiger partial charge in [-0.15, -0.1) is 0 Å². The zero-order valence-corrected chi connectivity index (χ0v) is 15.5. The highest BCUT2D eigenvalue weighted by Crippen LogP contribution is 1.95. The Bertz CT molecular complexity index is 347. The number of hydrogen-bond acceptors (Lipinski definition) is 8. The van der Waals surface area contributed by atoms with Gasteiger partial charge in [-0.3, -0.25) is 19.4 Å². The Morgan fingerprint density at radius 1 is 0.654 bits per heavy atom. The molecule has 1 aliphatic rings. The quantitative estimate of drug-likeness (QED) is 0.299. The zero-order valence-electron chi connectivity index (χ0n) is 15.5. The highest BCUT2D eigenvalue weighted by atomic mass is 16.4. The topological polar surface area (TPSA) is 129 Å². The van der Waals surface area contributed by atoms with Crippen molar-refractivity contribution in [3.63, 3.8) is 0 Å². The van der Waals surface area contributed by atoms with Crippen LogP contribution < -0.4 is 21.3 Å². The normalized spacial score (nSPS) is 19.7. The average Bonchev–Trinajstić information content (AvgIpc) is 2.58. The highest BCUT2D eigenvalue weighted by molar-refractivity contribution is 5.66. The SMILES string of the molecule is O=C(O)CCCN1CNCCNCN(CCCC(=O)O)CNCCNC1. The Morgan fingerprint density at radius 2 is 0.962 bits per heavy atom. The lowest BCUT2D eigenvalue weighted by Gasteiger charge is -2.26. The molecule has 0 radical (unpaired) electrons. The van der Waals surface area contributed by atoms with Crippen LogP contribution in [0.3, 0.4) is 0 Å². The summed E-state index contributed by atoms with van der Waals surface area (Å²) in [6.45, 7) is 7.58. The third-order valence-electron chi connectivity index (χ3n) is 4.03. The average molecular weight is 374 g/mol. The third kappa shape index (κ3) is 13.0. The lowest BCUT2D eigenvalue weighted by atomic mass is 10.3. The predicted molar refractivity (Wildman–Crippen MR) is 98.6 cm³/mol. The van der Waals surface area contributed by atoms with Crippen LogP contribution in [0.25, 0.3) is 0 Å². The van der Waals surface area contributed by atoms with Gasteiger partial charge in [0.2, 0.25) is 0 Å². The Balaban J connectivity index is 2.31. The van der Waals surface area contributed by atoms with Gasteiger partial charge in [-0.05, 0) is 12.8 Å². The van der Waals surface area contributed by atoms with Gasteiger partial charge in [0.1, 0.15) is 0 Å². The maximum Gasteiger partial charge on any atom is 0.303 e. The first kappa shape index (κ1) is 22.7. The second kappa shape index (κ2) is 14.8. The molecule has 26 heavy (non-hydrogen) atoms. The van der Waals surface area contributed by atoms with E-state index in [1.165, 1.54) is 0 Å². The molecule has 1 rings (SSSR count). The van der Waals surface area contributed by atoms with Gasteiger partial charge < -0.3 is 31.5 Å². The van der Waals surface area contributed by atoms with Crippen molar-refractivity contribution in [3.8, 4) is 0 Å². The van der Waals surface area contributed by atoms with Gasteiger partial charge in [-0.1, -0.05) is 0 Å². The van der Waals surface area contributed by atoms with Crippen LogP contribution in [0.2, 0.25) is 0 Å². The van der Waals surface area contributed by atoms with Gasteiger partial charge in [0, 0.05) is 78.8 Å². The minimum atomic E-state index is -0.755. The number of carboxylic acids is 2. The number of aliphatic carboxylic acids is 2. The summed E-state index contributed by atoms with van der Waals surface area (Å²) >= 11 is 0. The van der Waals surface area contributed by atoms with Crippen LogP contribution in [0.1, 0.15) is 25.7 Å². The van der Waals surface area contributed by atoms with E-state index in [1.54, 1.807) is 0 Å². The zero-order chi connectivity index (χ0) is 19.0. The van der Waals surface area contributed by atoms with E-state index in [0.717, 1.165) is 39.3 Å². The van der Waals surface area contributed by atoms with E-state index in [-0.39, 0.29) is 12.8 Å². The lowest BCUT2D eigenvalue weighted by Crippen LogP contribution is -2.47. The molecule has 0 unspecified atom stereocenters. The van der Waals surface area contributed by atoms with Gasteiger partial charge in [-0.2, -0.15) is 0 Å². The molecule has 0 bridgehead atoms. The predicted octanol–water partition coefficient (Wildman–Crippen LogP) is -1.48. The summed E-state index contributed by atoms with van der Waals surface area (Å²) < 4.78 is 0. The Kier molecular flexibility index (Phi) is 13.0. The molecule has 0 aromatic heterocycles. The van der Waals surface area contributed by atoms with Crippen LogP contribution in [-0.2, 0) is 9.59 Å². The molecule has 1 saturated heterocycles. The molecular formula is C16H34N6O4. The standard InChI is InChI=1S/C16H34N6O4/c23-15(24)3-1-9-21-11-17-5-7-19-13-22(10-2-4-16(25)26)14-20-8-6-18-12-21/h17-20H,1-14H2,(H,23,24)(H,25,26). The van der Waals surface area contributed by atoms with Crippen LogP contribution >= 0.6 is 0 Å². The van der Waals surface area contributed by atoms with Gasteiger partial charge >= 0.3 is 11.9 Å². The number of hydrogen-bond donors (Lipinski definition) is 6. The summed E-state index contributed by atoms with van der Waals surface area (Å²) in [5.41, 5.74) is 0. The first-order valence-electron chi connectivity index (χ1n) is 9.29. The monoisotopic (exact) mass is 374 g/mol. The van der Waals surface area contributed by atoms with Crippen molar-refractivity contribution < 1.29 is 19.8 Å². The molecule has 6 N–H and O–H groups in total. The van der Waals surface area contributed by atoms with Crippen molar-refractivity contribution in [2.24, 2.45) is 0 Å². The highest BCUT2D eigenvalue weighted by Gasteiger charge is 2.08. The van der Waals surface area contributed by atoms with Gasteiger partial charge in [-0.25, -0.2) is 0 Å². The van der Waals surface area contributed by atoms with Crippen molar-refractivity contribution in [2.75, 3.05) is 65.9 Å². The third-order valence-corrected chi connectivity index (χ3v) is 4.03. The molecule has 152 valence electrons. The molecule has 1 fully saturated rings. The molecule has 0 spiro atoms. The summed E-state index contributed by atoms with van der Waals surface area (Å²) in [5, 5.41) is 31.0. The lowest BCUT2D eigenvalue weighted by molar-refractivity contribution is -0.138. The van der Waals surface area contributed by atoms with Crippen molar-refractivity contribution in [1.29, 1.82) is 0 Å². The second-order valence-corrected chi connectivity index (χ2v) is 6.42. The summed E-state index contributed by atoms with van der Waals surface area (Å²) in [6, 6.07) is 0. The van der Waals surface area contributed by atoms with Crippen LogP contribution in [0.4, 0.5) is 0 Å². The minimum Gasteiger partial charge on any atom is -0.481 e. The molecule has 0 atom stereocenters. The van der Waals surface area contributed by atoms with Gasteiger partial charge in [0.25, 0.3) is 0 Å². The van der Waals surface area contributed by atoms with Crippen molar-refractivity contribution in [1.82, 2.24) is 31.1 Å². The molecule has 10 heteroatoms. The second-order valence-electron chi connectivity index (χ2n) is 6.42. The van der Waals surface area contributed by atoms with Gasteiger partial charge in [0.05, 0.1) is 0 Å². The van der Waals surface area contributed by atoms with Gasteiger partial charge in [0.15, 0.2) is 0 Å².